The first kappa shape index (κ1) is 14.0. The Labute approximate surface area is 118 Å². The zero-order valence-electron chi connectivity index (χ0n) is 11.6. The van der Waals surface area contributed by atoms with Gasteiger partial charge in [0.15, 0.2) is 0 Å². The van der Waals surface area contributed by atoms with E-state index in [1.807, 2.05) is 6.92 Å². The average molecular weight is 269 g/mol. The largest absolute Gasteiger partial charge is 0.369 e. The number of benzene rings is 1. The van der Waals surface area contributed by atoms with Crippen LogP contribution in [0.15, 0.2) is 30.3 Å². The third-order valence-electron chi connectivity index (χ3n) is 3.03. The molecule has 0 amide bonds. The van der Waals surface area contributed by atoms with Gasteiger partial charge in [0, 0.05) is 17.8 Å². The van der Waals surface area contributed by atoms with Crippen molar-refractivity contribution < 1.29 is 4.39 Å². The van der Waals surface area contributed by atoms with E-state index in [-0.39, 0.29) is 5.82 Å². The number of hydrogen-bond acceptors (Lipinski definition) is 3. The number of aromatic nitrogens is 1. The van der Waals surface area contributed by atoms with Gasteiger partial charge in [-0.1, -0.05) is 19.1 Å². The number of nitrogens with one attached hydrogen (secondary N) is 1. The highest BCUT2D eigenvalue weighted by Crippen LogP contribution is 2.26. The molecule has 20 heavy (non-hydrogen) atoms. The summed E-state index contributed by atoms with van der Waals surface area (Å²) < 4.78 is 13.0. The van der Waals surface area contributed by atoms with Crippen LogP contribution in [0.2, 0.25) is 0 Å². The van der Waals surface area contributed by atoms with Gasteiger partial charge in [0.2, 0.25) is 0 Å². The number of anilines is 1. The molecule has 102 valence electrons. The standard InChI is InChI=1S/C16H16FN3/c1-3-8-19-16-13(10-18)9-15(11(2)20-16)12-4-6-14(17)7-5-12/h4-7,9H,3,8H2,1-2H3,(H,19,20). The van der Waals surface area contributed by atoms with E-state index in [1.54, 1.807) is 18.2 Å². The maximum Gasteiger partial charge on any atom is 0.144 e. The molecule has 0 aliphatic heterocycles. The maximum atomic E-state index is 13.0. The number of halogens is 1. The van der Waals surface area contributed by atoms with Crippen molar-refractivity contribution >= 4 is 5.82 Å². The first-order valence-corrected chi connectivity index (χ1v) is 6.57. The van der Waals surface area contributed by atoms with Gasteiger partial charge in [0.25, 0.3) is 0 Å². The number of nitriles is 1. The third kappa shape index (κ3) is 2.94. The Kier molecular flexibility index (Phi) is 4.31. The average Bonchev–Trinajstić information content (AvgIpc) is 2.46. The van der Waals surface area contributed by atoms with Crippen LogP contribution in [0.1, 0.15) is 24.6 Å². The van der Waals surface area contributed by atoms with E-state index in [9.17, 15) is 9.65 Å². The lowest BCUT2D eigenvalue weighted by molar-refractivity contribution is 0.628. The number of aryl methyl sites for hydroxylation is 1. The molecule has 1 heterocycles. The summed E-state index contributed by atoms with van der Waals surface area (Å²) in [6.45, 7) is 4.72. The van der Waals surface area contributed by atoms with Gasteiger partial charge in [-0.3, -0.25) is 0 Å². The van der Waals surface area contributed by atoms with Gasteiger partial charge in [-0.2, -0.15) is 5.26 Å². The minimum atomic E-state index is -0.277. The van der Waals surface area contributed by atoms with Crippen LogP contribution < -0.4 is 5.32 Å². The van der Waals surface area contributed by atoms with Crippen molar-refractivity contribution in [2.24, 2.45) is 0 Å². The number of hydrogen-bond donors (Lipinski definition) is 1. The van der Waals surface area contributed by atoms with Crippen molar-refractivity contribution in [3.8, 4) is 17.2 Å². The van der Waals surface area contributed by atoms with Gasteiger partial charge in [-0.25, -0.2) is 9.37 Å². The van der Waals surface area contributed by atoms with Crippen molar-refractivity contribution in [2.45, 2.75) is 20.3 Å². The summed E-state index contributed by atoms with van der Waals surface area (Å²) in [5, 5.41) is 12.4. The topological polar surface area (TPSA) is 48.7 Å². The Hall–Kier alpha value is -2.41. The predicted octanol–water partition coefficient (Wildman–Crippen LogP) is 3.89. The van der Waals surface area contributed by atoms with Gasteiger partial charge in [-0.05, 0) is 37.1 Å². The summed E-state index contributed by atoms with van der Waals surface area (Å²) in [5.41, 5.74) is 3.02. The van der Waals surface area contributed by atoms with Crippen molar-refractivity contribution in [2.75, 3.05) is 11.9 Å². The van der Waals surface area contributed by atoms with Crippen molar-refractivity contribution in [1.29, 1.82) is 5.26 Å². The molecule has 0 saturated carbocycles. The van der Waals surface area contributed by atoms with E-state index in [0.29, 0.717) is 11.4 Å². The molecule has 2 rings (SSSR count). The summed E-state index contributed by atoms with van der Waals surface area (Å²) in [6, 6.07) is 10.2. The quantitative estimate of drug-likeness (QED) is 0.916. The summed E-state index contributed by atoms with van der Waals surface area (Å²) in [5.74, 6) is 0.332. The normalized spacial score (nSPS) is 10.1. The predicted molar refractivity (Wildman–Crippen MR) is 77.9 cm³/mol. The van der Waals surface area contributed by atoms with E-state index < -0.39 is 0 Å². The number of nitrogens with zero attached hydrogens (tertiary/aromatic N) is 2. The van der Waals surface area contributed by atoms with Crippen LogP contribution in [0.4, 0.5) is 10.2 Å². The Balaban J connectivity index is 2.45. The fourth-order valence-corrected chi connectivity index (χ4v) is 1.99. The Morgan fingerprint density at radius 2 is 2.00 bits per heavy atom. The van der Waals surface area contributed by atoms with E-state index >= 15 is 0 Å². The Morgan fingerprint density at radius 1 is 1.30 bits per heavy atom. The van der Waals surface area contributed by atoms with Gasteiger partial charge in [0.1, 0.15) is 17.7 Å². The highest BCUT2D eigenvalue weighted by molar-refractivity contribution is 5.70. The lowest BCUT2D eigenvalue weighted by Crippen LogP contribution is -2.05. The molecule has 1 N–H and O–H groups in total. The van der Waals surface area contributed by atoms with Crippen molar-refractivity contribution in [1.82, 2.24) is 4.98 Å². The SMILES string of the molecule is CCCNc1nc(C)c(-c2ccc(F)cc2)cc1C#N. The van der Waals surface area contributed by atoms with Gasteiger partial charge in [0.05, 0.1) is 5.56 Å². The molecule has 0 saturated heterocycles. The first-order valence-electron chi connectivity index (χ1n) is 6.57. The molecular formula is C16H16FN3. The molecule has 0 aliphatic carbocycles. The summed E-state index contributed by atoms with van der Waals surface area (Å²) in [6.07, 6.45) is 0.964. The lowest BCUT2D eigenvalue weighted by atomic mass is 10.0. The van der Waals surface area contributed by atoms with Crippen molar-refractivity contribution in [3.05, 3.63) is 47.4 Å². The molecule has 0 bridgehead atoms. The minimum absolute atomic E-state index is 0.277. The molecule has 3 nitrogen and oxygen atoms in total. The summed E-state index contributed by atoms with van der Waals surface area (Å²) in [7, 11) is 0. The maximum absolute atomic E-state index is 13.0. The lowest BCUT2D eigenvalue weighted by Gasteiger charge is -2.11. The fraction of sp³-hybridized carbons (Fsp3) is 0.250. The van der Waals surface area contributed by atoms with E-state index in [1.165, 1.54) is 12.1 Å². The molecule has 0 aliphatic rings. The molecule has 0 fully saturated rings. The Morgan fingerprint density at radius 3 is 2.60 bits per heavy atom. The van der Waals surface area contributed by atoms with Crippen LogP contribution in [0, 0.1) is 24.1 Å². The van der Waals surface area contributed by atoms with E-state index in [0.717, 1.165) is 29.8 Å². The molecule has 0 atom stereocenters. The highest BCUT2D eigenvalue weighted by atomic mass is 19.1. The molecule has 0 spiro atoms. The first-order chi connectivity index (χ1) is 9.65. The Bertz CT molecular complexity index is 642. The van der Waals surface area contributed by atoms with Crippen LogP contribution in [0.3, 0.4) is 0 Å². The van der Waals surface area contributed by atoms with Crippen LogP contribution >= 0.6 is 0 Å². The minimum Gasteiger partial charge on any atom is -0.369 e. The molecule has 4 heteroatoms. The van der Waals surface area contributed by atoms with E-state index in [2.05, 4.69) is 23.3 Å². The second-order valence-electron chi connectivity index (χ2n) is 4.56. The van der Waals surface area contributed by atoms with Crippen LogP contribution in [-0.2, 0) is 0 Å². The monoisotopic (exact) mass is 269 g/mol. The molecule has 0 unspecified atom stereocenters. The number of pyridine rings is 1. The van der Waals surface area contributed by atoms with Crippen LogP contribution in [-0.4, -0.2) is 11.5 Å². The van der Waals surface area contributed by atoms with Crippen LogP contribution in [0.5, 0.6) is 0 Å². The van der Waals surface area contributed by atoms with Crippen molar-refractivity contribution in [3.63, 3.8) is 0 Å². The number of rotatable bonds is 4. The second kappa shape index (κ2) is 6.16. The molecule has 1 aromatic carbocycles. The van der Waals surface area contributed by atoms with Crippen LogP contribution in [0.25, 0.3) is 11.1 Å². The zero-order valence-corrected chi connectivity index (χ0v) is 11.6. The highest BCUT2D eigenvalue weighted by Gasteiger charge is 2.10. The summed E-state index contributed by atoms with van der Waals surface area (Å²) in [4.78, 5) is 4.45. The van der Waals surface area contributed by atoms with Gasteiger partial charge in [-0.15, -0.1) is 0 Å². The van der Waals surface area contributed by atoms with Gasteiger partial charge >= 0.3 is 0 Å². The molecule has 2 aromatic rings. The zero-order chi connectivity index (χ0) is 14.5. The fourth-order valence-electron chi connectivity index (χ4n) is 1.99. The molecular weight excluding hydrogens is 253 g/mol. The third-order valence-corrected chi connectivity index (χ3v) is 3.03. The summed E-state index contributed by atoms with van der Waals surface area (Å²) >= 11 is 0. The smallest absolute Gasteiger partial charge is 0.144 e. The van der Waals surface area contributed by atoms with Gasteiger partial charge < -0.3 is 5.32 Å². The molecule has 0 radical (unpaired) electrons. The second-order valence-corrected chi connectivity index (χ2v) is 4.56. The molecule has 1 aromatic heterocycles. The van der Waals surface area contributed by atoms with E-state index in [4.69, 9.17) is 0 Å².